The average Bonchev–Trinajstić information content (AvgIpc) is 3.10. The molecular weight excluding hydrogens is 252 g/mol. The molecule has 0 saturated heterocycles. The monoisotopic (exact) mass is 266 g/mol. The number of nitrogens with two attached hydrogens (primary N) is 1. The molecule has 0 bridgehead atoms. The molecule has 5 nitrogen and oxygen atoms in total. The van der Waals surface area contributed by atoms with Crippen molar-refractivity contribution in [3.8, 4) is 0 Å². The third-order valence-electron chi connectivity index (χ3n) is 3.25. The van der Waals surface area contributed by atoms with Crippen LogP contribution >= 0.6 is 11.3 Å². The van der Waals surface area contributed by atoms with Gasteiger partial charge >= 0.3 is 0 Å². The number of amides is 2. The molecule has 1 aliphatic heterocycles. The quantitative estimate of drug-likeness (QED) is 0.864. The zero-order chi connectivity index (χ0) is 12.7. The van der Waals surface area contributed by atoms with Crippen LogP contribution in [0.1, 0.15) is 33.6 Å². The van der Waals surface area contributed by atoms with Crippen LogP contribution in [-0.4, -0.2) is 18.4 Å². The third-order valence-corrected chi connectivity index (χ3v) is 4.37. The van der Waals surface area contributed by atoms with Crippen molar-refractivity contribution >= 4 is 28.2 Å². The SMILES string of the molecule is NC(=O)c1c(NC(=O)C2CC2)sc2c1CCOC2. The molecule has 0 atom stereocenters. The maximum atomic E-state index is 11.8. The summed E-state index contributed by atoms with van der Waals surface area (Å²) < 4.78 is 5.35. The molecule has 0 radical (unpaired) electrons. The van der Waals surface area contributed by atoms with E-state index >= 15 is 0 Å². The van der Waals surface area contributed by atoms with E-state index in [2.05, 4.69) is 5.32 Å². The summed E-state index contributed by atoms with van der Waals surface area (Å²) in [5, 5.41) is 3.43. The second-order valence-corrected chi connectivity index (χ2v) is 5.74. The molecule has 18 heavy (non-hydrogen) atoms. The van der Waals surface area contributed by atoms with Crippen LogP contribution < -0.4 is 11.1 Å². The fraction of sp³-hybridized carbons (Fsp3) is 0.500. The van der Waals surface area contributed by atoms with Gasteiger partial charge in [-0.2, -0.15) is 0 Å². The molecule has 3 rings (SSSR count). The Labute approximate surface area is 108 Å². The van der Waals surface area contributed by atoms with E-state index in [0.717, 1.165) is 23.3 Å². The fourth-order valence-corrected chi connectivity index (χ4v) is 3.33. The maximum absolute atomic E-state index is 11.8. The smallest absolute Gasteiger partial charge is 0.251 e. The first-order chi connectivity index (χ1) is 8.66. The molecule has 3 N–H and O–H groups in total. The Bertz CT molecular complexity index is 520. The predicted molar refractivity (Wildman–Crippen MR) is 67.6 cm³/mol. The summed E-state index contributed by atoms with van der Waals surface area (Å²) in [5.41, 5.74) is 6.85. The van der Waals surface area contributed by atoms with Gasteiger partial charge in [-0.1, -0.05) is 0 Å². The lowest BCUT2D eigenvalue weighted by Gasteiger charge is -2.12. The average molecular weight is 266 g/mol. The molecular formula is C12H14N2O3S. The minimum absolute atomic E-state index is 0.00276. The molecule has 1 aromatic heterocycles. The van der Waals surface area contributed by atoms with Gasteiger partial charge in [-0.3, -0.25) is 9.59 Å². The van der Waals surface area contributed by atoms with Crippen molar-refractivity contribution in [3.63, 3.8) is 0 Å². The highest BCUT2D eigenvalue weighted by atomic mass is 32.1. The van der Waals surface area contributed by atoms with Gasteiger partial charge in [0.1, 0.15) is 5.00 Å². The molecule has 96 valence electrons. The molecule has 1 aromatic rings. The molecule has 0 spiro atoms. The minimum Gasteiger partial charge on any atom is -0.376 e. The number of rotatable bonds is 3. The number of hydrogen-bond acceptors (Lipinski definition) is 4. The van der Waals surface area contributed by atoms with E-state index in [4.69, 9.17) is 10.5 Å². The lowest BCUT2D eigenvalue weighted by molar-refractivity contribution is -0.117. The topological polar surface area (TPSA) is 81.4 Å². The van der Waals surface area contributed by atoms with Crippen LogP contribution in [0.2, 0.25) is 0 Å². The van der Waals surface area contributed by atoms with Gasteiger partial charge in [-0.05, 0) is 24.8 Å². The zero-order valence-electron chi connectivity index (χ0n) is 9.82. The minimum atomic E-state index is -0.472. The van der Waals surface area contributed by atoms with E-state index in [9.17, 15) is 9.59 Å². The Kier molecular flexibility index (Phi) is 2.83. The van der Waals surface area contributed by atoms with Crippen LogP contribution in [0.15, 0.2) is 0 Å². The standard InChI is InChI=1S/C12H14N2O3S/c13-10(15)9-7-3-4-17-5-8(7)18-12(9)14-11(16)6-1-2-6/h6H,1-5H2,(H2,13,15)(H,14,16). The highest BCUT2D eigenvalue weighted by Gasteiger charge is 2.32. The number of nitrogens with one attached hydrogen (secondary N) is 1. The Morgan fingerprint density at radius 2 is 2.17 bits per heavy atom. The highest BCUT2D eigenvalue weighted by molar-refractivity contribution is 7.17. The Hall–Kier alpha value is -1.40. The van der Waals surface area contributed by atoms with E-state index < -0.39 is 5.91 Å². The summed E-state index contributed by atoms with van der Waals surface area (Å²) in [6.45, 7) is 1.10. The molecule has 0 unspecified atom stereocenters. The van der Waals surface area contributed by atoms with Gasteiger partial charge in [0.15, 0.2) is 0 Å². The Balaban J connectivity index is 1.94. The molecule has 0 aromatic carbocycles. The van der Waals surface area contributed by atoms with Gasteiger partial charge in [0.25, 0.3) is 5.91 Å². The van der Waals surface area contributed by atoms with Crippen molar-refractivity contribution in [1.29, 1.82) is 0 Å². The van der Waals surface area contributed by atoms with Gasteiger partial charge in [-0.15, -0.1) is 11.3 Å². The first kappa shape index (κ1) is 11.7. The van der Waals surface area contributed by atoms with Crippen LogP contribution in [0.5, 0.6) is 0 Å². The largest absolute Gasteiger partial charge is 0.376 e. The third kappa shape index (κ3) is 2.02. The van der Waals surface area contributed by atoms with Crippen molar-refractivity contribution in [2.24, 2.45) is 11.7 Å². The molecule has 2 amide bonds. The van der Waals surface area contributed by atoms with Gasteiger partial charge in [0.2, 0.25) is 5.91 Å². The van der Waals surface area contributed by atoms with Crippen molar-refractivity contribution in [2.75, 3.05) is 11.9 Å². The molecule has 2 aliphatic rings. The molecule has 6 heteroatoms. The summed E-state index contributed by atoms with van der Waals surface area (Å²) in [7, 11) is 0. The van der Waals surface area contributed by atoms with Crippen LogP contribution in [-0.2, 0) is 22.6 Å². The first-order valence-electron chi connectivity index (χ1n) is 5.99. The molecule has 1 aliphatic carbocycles. The second kappa shape index (κ2) is 4.37. The maximum Gasteiger partial charge on any atom is 0.251 e. The number of hydrogen-bond donors (Lipinski definition) is 2. The van der Waals surface area contributed by atoms with Crippen LogP contribution in [0.3, 0.4) is 0 Å². The van der Waals surface area contributed by atoms with Crippen molar-refractivity contribution in [1.82, 2.24) is 0 Å². The van der Waals surface area contributed by atoms with Gasteiger partial charge < -0.3 is 15.8 Å². The number of fused-ring (bicyclic) bond motifs is 1. The number of primary amides is 1. The zero-order valence-corrected chi connectivity index (χ0v) is 10.6. The number of ether oxygens (including phenoxy) is 1. The van der Waals surface area contributed by atoms with E-state index in [0.29, 0.717) is 30.2 Å². The molecule has 2 heterocycles. The summed E-state index contributed by atoms with van der Waals surface area (Å²) in [6.07, 6.45) is 2.56. The summed E-state index contributed by atoms with van der Waals surface area (Å²) in [6, 6.07) is 0. The lowest BCUT2D eigenvalue weighted by Crippen LogP contribution is -2.20. The van der Waals surface area contributed by atoms with Crippen molar-refractivity contribution < 1.29 is 14.3 Å². The lowest BCUT2D eigenvalue weighted by atomic mass is 10.1. The van der Waals surface area contributed by atoms with Crippen molar-refractivity contribution in [3.05, 3.63) is 16.0 Å². The van der Waals surface area contributed by atoms with E-state index in [1.807, 2.05) is 0 Å². The summed E-state index contributed by atoms with van der Waals surface area (Å²) >= 11 is 1.41. The Morgan fingerprint density at radius 1 is 1.39 bits per heavy atom. The fourth-order valence-electron chi connectivity index (χ4n) is 2.14. The van der Waals surface area contributed by atoms with E-state index in [-0.39, 0.29) is 11.8 Å². The van der Waals surface area contributed by atoms with E-state index in [1.54, 1.807) is 0 Å². The van der Waals surface area contributed by atoms with Crippen LogP contribution in [0, 0.1) is 5.92 Å². The van der Waals surface area contributed by atoms with Gasteiger partial charge in [0, 0.05) is 10.8 Å². The Morgan fingerprint density at radius 3 is 2.83 bits per heavy atom. The first-order valence-corrected chi connectivity index (χ1v) is 6.81. The number of carbonyl (C=O) groups excluding carboxylic acids is 2. The molecule has 1 fully saturated rings. The number of carbonyl (C=O) groups is 2. The normalized spacial score (nSPS) is 18.2. The van der Waals surface area contributed by atoms with Gasteiger partial charge in [0.05, 0.1) is 18.8 Å². The predicted octanol–water partition coefficient (Wildman–Crippen LogP) is 1.27. The van der Waals surface area contributed by atoms with Gasteiger partial charge in [-0.25, -0.2) is 0 Å². The van der Waals surface area contributed by atoms with E-state index in [1.165, 1.54) is 11.3 Å². The number of anilines is 1. The summed E-state index contributed by atoms with van der Waals surface area (Å²) in [5.74, 6) is -0.362. The van der Waals surface area contributed by atoms with Crippen LogP contribution in [0.25, 0.3) is 0 Å². The van der Waals surface area contributed by atoms with Crippen LogP contribution in [0.4, 0.5) is 5.00 Å². The molecule has 1 saturated carbocycles. The van der Waals surface area contributed by atoms with Crippen molar-refractivity contribution in [2.45, 2.75) is 25.9 Å². The highest BCUT2D eigenvalue weighted by Crippen LogP contribution is 2.38. The number of thiophene rings is 1. The second-order valence-electron chi connectivity index (χ2n) is 4.64. The summed E-state index contributed by atoms with van der Waals surface area (Å²) in [4.78, 5) is 24.3.